The van der Waals surface area contributed by atoms with Crippen LogP contribution in [0.4, 0.5) is 24.5 Å². The van der Waals surface area contributed by atoms with Crippen LogP contribution in [0.15, 0.2) is 36.5 Å². The molecule has 0 saturated carbocycles. The fourth-order valence-corrected chi connectivity index (χ4v) is 7.36. The predicted molar refractivity (Wildman–Crippen MR) is 144 cm³/mol. The topological polar surface area (TPSA) is 97.1 Å². The van der Waals surface area contributed by atoms with Gasteiger partial charge in [0.15, 0.2) is 16.8 Å². The van der Waals surface area contributed by atoms with Gasteiger partial charge in [-0.15, -0.1) is 0 Å². The maximum absolute atomic E-state index is 14.3. The van der Waals surface area contributed by atoms with E-state index in [2.05, 4.69) is 10.1 Å². The van der Waals surface area contributed by atoms with Crippen molar-refractivity contribution in [1.82, 2.24) is 19.5 Å². The number of methoxy groups -OCH3 is 1. The van der Waals surface area contributed by atoms with Crippen molar-refractivity contribution in [2.75, 3.05) is 43.7 Å². The van der Waals surface area contributed by atoms with Gasteiger partial charge in [0.2, 0.25) is 5.91 Å². The molecule has 3 aromatic rings. The number of halogens is 4. The first-order valence-corrected chi connectivity index (χ1v) is 15.0. The highest BCUT2D eigenvalue weighted by atomic mass is 35.5. The van der Waals surface area contributed by atoms with Crippen molar-refractivity contribution < 1.29 is 31.1 Å². The largest absolute Gasteiger partial charge is 0.413 e. The molecule has 14 heteroatoms. The summed E-state index contributed by atoms with van der Waals surface area (Å²) in [6, 6.07) is 5.43. The second-order valence-electron chi connectivity index (χ2n) is 10.3. The molecule has 2 aromatic heterocycles. The van der Waals surface area contributed by atoms with Crippen LogP contribution in [0.5, 0.6) is 0 Å². The third kappa shape index (κ3) is 5.51. The van der Waals surface area contributed by atoms with Crippen LogP contribution < -0.4 is 4.90 Å². The van der Waals surface area contributed by atoms with Gasteiger partial charge in [-0.25, -0.2) is 17.9 Å². The Morgan fingerprint density at radius 2 is 1.88 bits per heavy atom. The molecule has 1 amide bonds. The summed E-state index contributed by atoms with van der Waals surface area (Å²) in [6.07, 6.45) is -2.27. The van der Waals surface area contributed by atoms with Crippen molar-refractivity contribution in [3.05, 3.63) is 52.9 Å². The zero-order valence-corrected chi connectivity index (χ0v) is 23.5. The number of sulfone groups is 1. The minimum absolute atomic E-state index is 0.0148. The minimum atomic E-state index is -4.73. The van der Waals surface area contributed by atoms with Gasteiger partial charge in [0, 0.05) is 44.3 Å². The van der Waals surface area contributed by atoms with Crippen LogP contribution in [0.25, 0.3) is 5.65 Å². The predicted octanol–water partition coefficient (Wildman–Crippen LogP) is 4.54. The standard InChI is InChI=1S/C26H29ClF3N5O4S/c1-33(25(36)17-8-11-40(37,38)12-9-17)24(26(28,29)30)16-3-5-19(6-4-16)34-10-7-18(15-39-2)23-20(34)14-31-22-13-21(27)32-35(22)23/h3-6,13-14,17-18,24H,7-12,15H2,1-2H3/t18-,24+/m1/s1. The summed E-state index contributed by atoms with van der Waals surface area (Å²) in [4.78, 5) is 20.1. The fourth-order valence-electron chi connectivity index (χ4n) is 5.70. The van der Waals surface area contributed by atoms with Crippen LogP contribution in [-0.4, -0.2) is 78.8 Å². The minimum Gasteiger partial charge on any atom is -0.384 e. The SMILES string of the molecule is COC[C@H]1CCN(c2ccc([C@H](N(C)C(=O)C3CCS(=O)(=O)CC3)C(F)(F)F)cc2)c2cnc3cc(Cl)nn3c21. The molecule has 0 aliphatic carbocycles. The Bertz CT molecular complexity index is 1500. The number of alkyl halides is 3. The number of nitrogens with zero attached hydrogens (tertiary/aromatic N) is 5. The summed E-state index contributed by atoms with van der Waals surface area (Å²) in [5.74, 6) is -1.85. The summed E-state index contributed by atoms with van der Waals surface area (Å²) in [7, 11) is -0.507. The number of hydrogen-bond donors (Lipinski definition) is 0. The zero-order valence-electron chi connectivity index (χ0n) is 21.9. The highest BCUT2D eigenvalue weighted by molar-refractivity contribution is 7.91. The van der Waals surface area contributed by atoms with E-state index in [0.717, 1.165) is 18.4 Å². The Kier molecular flexibility index (Phi) is 7.75. The number of amides is 1. The quantitative estimate of drug-likeness (QED) is 0.410. The van der Waals surface area contributed by atoms with E-state index in [9.17, 15) is 26.4 Å². The summed E-state index contributed by atoms with van der Waals surface area (Å²) < 4.78 is 73.4. The molecule has 0 bridgehead atoms. The first-order valence-electron chi connectivity index (χ1n) is 12.8. The summed E-state index contributed by atoms with van der Waals surface area (Å²) >= 11 is 6.13. The number of ether oxygens (including phenoxy) is 1. The van der Waals surface area contributed by atoms with Crippen molar-refractivity contribution in [3.63, 3.8) is 0 Å². The molecule has 2 atom stereocenters. The normalized spacial score (nSPS) is 20.4. The van der Waals surface area contributed by atoms with E-state index in [-0.39, 0.29) is 35.8 Å². The number of carbonyl (C=O) groups is 1. The van der Waals surface area contributed by atoms with E-state index in [1.54, 1.807) is 36.0 Å². The van der Waals surface area contributed by atoms with Gasteiger partial charge >= 0.3 is 6.18 Å². The third-order valence-electron chi connectivity index (χ3n) is 7.69. The number of aromatic nitrogens is 3. The number of carbonyl (C=O) groups excluding carboxylic acids is 1. The Balaban J connectivity index is 1.44. The Morgan fingerprint density at radius 3 is 2.50 bits per heavy atom. The summed E-state index contributed by atoms with van der Waals surface area (Å²) in [5, 5.41) is 4.67. The van der Waals surface area contributed by atoms with Crippen LogP contribution in [-0.2, 0) is 19.4 Å². The summed E-state index contributed by atoms with van der Waals surface area (Å²) in [6.45, 7) is 1.03. The van der Waals surface area contributed by atoms with Crippen molar-refractivity contribution in [3.8, 4) is 0 Å². The Morgan fingerprint density at radius 1 is 1.20 bits per heavy atom. The van der Waals surface area contributed by atoms with Gasteiger partial charge in [0.05, 0.1) is 35.7 Å². The second kappa shape index (κ2) is 10.8. The van der Waals surface area contributed by atoms with E-state index in [1.807, 2.05) is 4.90 Å². The molecular formula is C26H29ClF3N5O4S. The molecule has 4 heterocycles. The first kappa shape index (κ1) is 28.6. The van der Waals surface area contributed by atoms with E-state index in [4.69, 9.17) is 16.3 Å². The van der Waals surface area contributed by atoms with Gasteiger partial charge in [0.25, 0.3) is 0 Å². The van der Waals surface area contributed by atoms with E-state index < -0.39 is 33.9 Å². The number of anilines is 2. The molecule has 1 aromatic carbocycles. The molecule has 216 valence electrons. The molecule has 1 fully saturated rings. The molecule has 0 N–H and O–H groups in total. The highest BCUT2D eigenvalue weighted by Crippen LogP contribution is 2.42. The van der Waals surface area contributed by atoms with Crippen molar-refractivity contribution in [1.29, 1.82) is 0 Å². The Hall–Kier alpha value is -2.90. The fraction of sp³-hybridized carbons (Fsp3) is 0.500. The molecule has 40 heavy (non-hydrogen) atoms. The maximum Gasteiger partial charge on any atom is 0.413 e. The van der Waals surface area contributed by atoms with Gasteiger partial charge in [-0.1, -0.05) is 23.7 Å². The number of rotatable bonds is 6. The molecule has 2 aliphatic heterocycles. The van der Waals surface area contributed by atoms with E-state index >= 15 is 0 Å². The monoisotopic (exact) mass is 599 g/mol. The second-order valence-corrected chi connectivity index (χ2v) is 13.0. The Labute approximate surface area is 234 Å². The highest BCUT2D eigenvalue weighted by Gasteiger charge is 2.46. The number of fused-ring (bicyclic) bond motifs is 3. The summed E-state index contributed by atoms with van der Waals surface area (Å²) in [5.41, 5.74) is 2.76. The van der Waals surface area contributed by atoms with Gasteiger partial charge in [0.1, 0.15) is 9.84 Å². The van der Waals surface area contributed by atoms with Gasteiger partial charge in [-0.2, -0.15) is 18.3 Å². The maximum atomic E-state index is 14.3. The average Bonchev–Trinajstić information content (AvgIpc) is 3.28. The number of benzene rings is 1. The molecule has 0 unspecified atom stereocenters. The average molecular weight is 600 g/mol. The van der Waals surface area contributed by atoms with Gasteiger partial charge in [-0.3, -0.25) is 4.79 Å². The lowest BCUT2D eigenvalue weighted by atomic mass is 9.94. The van der Waals surface area contributed by atoms with Crippen LogP contribution >= 0.6 is 11.6 Å². The third-order valence-corrected chi connectivity index (χ3v) is 9.59. The molecule has 1 saturated heterocycles. The van der Waals surface area contributed by atoms with E-state index in [1.165, 1.54) is 12.1 Å². The van der Waals surface area contributed by atoms with Crippen molar-refractivity contribution in [2.24, 2.45) is 5.92 Å². The molecule has 0 radical (unpaired) electrons. The van der Waals surface area contributed by atoms with E-state index in [0.29, 0.717) is 41.0 Å². The molecule has 9 nitrogen and oxygen atoms in total. The number of hydrogen-bond acceptors (Lipinski definition) is 7. The van der Waals surface area contributed by atoms with Crippen molar-refractivity contribution >= 4 is 44.4 Å². The molecule has 5 rings (SSSR count). The lowest BCUT2D eigenvalue weighted by Gasteiger charge is -2.36. The molecule has 0 spiro atoms. The molecule has 2 aliphatic rings. The van der Waals surface area contributed by atoms with Gasteiger partial charge < -0.3 is 14.5 Å². The van der Waals surface area contributed by atoms with Crippen LogP contribution in [0.3, 0.4) is 0 Å². The van der Waals surface area contributed by atoms with Crippen LogP contribution in [0.2, 0.25) is 5.15 Å². The first-order chi connectivity index (χ1) is 18.9. The smallest absolute Gasteiger partial charge is 0.384 e. The van der Waals surface area contributed by atoms with Crippen LogP contribution in [0, 0.1) is 5.92 Å². The lowest BCUT2D eigenvalue weighted by Crippen LogP contribution is -2.44. The van der Waals surface area contributed by atoms with Gasteiger partial charge in [-0.05, 0) is 37.0 Å². The van der Waals surface area contributed by atoms with Crippen molar-refractivity contribution in [2.45, 2.75) is 37.4 Å². The lowest BCUT2D eigenvalue weighted by molar-refractivity contribution is -0.190. The molecular weight excluding hydrogens is 571 g/mol. The zero-order chi connectivity index (χ0) is 28.8. The van der Waals surface area contributed by atoms with Crippen LogP contribution in [0.1, 0.15) is 42.5 Å².